The third-order valence-electron chi connectivity index (χ3n) is 3.71. The van der Waals surface area contributed by atoms with Gasteiger partial charge in [-0.05, 0) is 30.4 Å². The van der Waals surface area contributed by atoms with E-state index >= 15 is 0 Å². The van der Waals surface area contributed by atoms with Crippen molar-refractivity contribution in [2.75, 3.05) is 11.9 Å². The van der Waals surface area contributed by atoms with Gasteiger partial charge in [0, 0.05) is 6.54 Å². The lowest BCUT2D eigenvalue weighted by Gasteiger charge is -2.38. The normalized spacial score (nSPS) is 16.1. The molecule has 0 atom stereocenters. The van der Waals surface area contributed by atoms with Crippen LogP contribution in [-0.2, 0) is 0 Å². The number of halogens is 1. The summed E-state index contributed by atoms with van der Waals surface area (Å²) in [6, 6.07) is 4.17. The molecule has 1 aromatic rings. The number of carbonyl (C=O) groups excluding carboxylic acids is 1. The molecule has 1 fully saturated rings. The minimum atomic E-state index is -1.17. The highest BCUT2D eigenvalue weighted by atomic mass is 35.5. The third kappa shape index (κ3) is 3.22. The van der Waals surface area contributed by atoms with Crippen molar-refractivity contribution in [3.63, 3.8) is 0 Å². The minimum Gasteiger partial charge on any atom is -0.478 e. The van der Waals surface area contributed by atoms with Crippen molar-refractivity contribution in [2.24, 2.45) is 5.41 Å². The van der Waals surface area contributed by atoms with E-state index in [0.29, 0.717) is 6.54 Å². The van der Waals surface area contributed by atoms with E-state index in [1.165, 1.54) is 18.6 Å². The summed E-state index contributed by atoms with van der Waals surface area (Å²) in [6.07, 6.45) is 3.40. The van der Waals surface area contributed by atoms with E-state index < -0.39 is 12.0 Å². The second-order valence-corrected chi connectivity index (χ2v) is 5.85. The Morgan fingerprint density at radius 2 is 2.10 bits per heavy atom. The van der Waals surface area contributed by atoms with Crippen LogP contribution in [0.2, 0.25) is 5.02 Å². The van der Waals surface area contributed by atoms with Gasteiger partial charge in [0.25, 0.3) is 0 Å². The van der Waals surface area contributed by atoms with Crippen LogP contribution in [0.3, 0.4) is 0 Å². The number of rotatable bonds is 4. The van der Waals surface area contributed by atoms with E-state index in [1.54, 1.807) is 6.07 Å². The highest BCUT2D eigenvalue weighted by molar-refractivity contribution is 6.34. The lowest BCUT2D eigenvalue weighted by atomic mass is 9.70. The zero-order valence-corrected chi connectivity index (χ0v) is 12.0. The van der Waals surface area contributed by atoms with Gasteiger partial charge in [0.15, 0.2) is 0 Å². The number of anilines is 1. The van der Waals surface area contributed by atoms with Crippen LogP contribution in [0.4, 0.5) is 10.5 Å². The number of aromatic carboxylic acids is 1. The molecule has 2 rings (SSSR count). The third-order valence-corrected chi connectivity index (χ3v) is 4.03. The zero-order valence-electron chi connectivity index (χ0n) is 11.2. The number of hydrogen-bond donors (Lipinski definition) is 3. The molecule has 1 aliphatic carbocycles. The predicted octanol–water partition coefficient (Wildman–Crippen LogP) is 3.35. The van der Waals surface area contributed by atoms with Gasteiger partial charge in [-0.3, -0.25) is 0 Å². The van der Waals surface area contributed by atoms with Crippen molar-refractivity contribution < 1.29 is 14.7 Å². The molecule has 3 N–H and O–H groups in total. The van der Waals surface area contributed by atoms with Crippen LogP contribution in [0.25, 0.3) is 0 Å². The molecule has 0 saturated heterocycles. The largest absolute Gasteiger partial charge is 0.478 e. The van der Waals surface area contributed by atoms with E-state index in [4.69, 9.17) is 16.7 Å². The summed E-state index contributed by atoms with van der Waals surface area (Å²) in [7, 11) is 0. The van der Waals surface area contributed by atoms with E-state index in [9.17, 15) is 9.59 Å². The Hall–Kier alpha value is -1.75. The molecule has 20 heavy (non-hydrogen) atoms. The monoisotopic (exact) mass is 296 g/mol. The van der Waals surface area contributed by atoms with E-state index in [0.717, 1.165) is 12.8 Å². The summed E-state index contributed by atoms with van der Waals surface area (Å²) >= 11 is 5.84. The molecule has 1 saturated carbocycles. The summed E-state index contributed by atoms with van der Waals surface area (Å²) in [6.45, 7) is 2.71. The standard InChI is InChI=1S/C14H17ClN2O3/c1-14(6-3-7-14)8-16-13(20)17-10-5-2-4-9(15)11(10)12(18)19/h2,4-5H,3,6-8H2,1H3,(H,18,19)(H2,16,17,20). The minimum absolute atomic E-state index is 0.0980. The Morgan fingerprint density at radius 3 is 2.65 bits per heavy atom. The Morgan fingerprint density at radius 1 is 1.40 bits per heavy atom. The van der Waals surface area contributed by atoms with Crippen LogP contribution in [0.15, 0.2) is 18.2 Å². The Balaban J connectivity index is 2.00. The number of urea groups is 1. The lowest BCUT2D eigenvalue weighted by Crippen LogP contribution is -2.41. The first-order valence-corrected chi connectivity index (χ1v) is 6.86. The molecular formula is C14H17ClN2O3. The van der Waals surface area contributed by atoms with E-state index in [2.05, 4.69) is 17.6 Å². The summed E-state index contributed by atoms with van der Waals surface area (Å²) in [4.78, 5) is 23.0. The van der Waals surface area contributed by atoms with Crippen molar-refractivity contribution in [1.82, 2.24) is 5.32 Å². The molecule has 0 radical (unpaired) electrons. The highest BCUT2D eigenvalue weighted by Crippen LogP contribution is 2.39. The molecule has 0 unspecified atom stereocenters. The van der Waals surface area contributed by atoms with E-state index in [-0.39, 0.29) is 21.7 Å². The zero-order chi connectivity index (χ0) is 14.8. The Kier molecular flexibility index (Phi) is 4.18. The smallest absolute Gasteiger partial charge is 0.339 e. The van der Waals surface area contributed by atoms with Gasteiger partial charge in [-0.2, -0.15) is 0 Å². The number of carboxylic acids is 1. The van der Waals surface area contributed by atoms with E-state index in [1.807, 2.05) is 0 Å². The van der Waals surface area contributed by atoms with Crippen LogP contribution in [-0.4, -0.2) is 23.7 Å². The van der Waals surface area contributed by atoms with Crippen molar-refractivity contribution in [1.29, 1.82) is 0 Å². The van der Waals surface area contributed by atoms with Crippen molar-refractivity contribution in [2.45, 2.75) is 26.2 Å². The molecule has 6 heteroatoms. The molecule has 1 aromatic carbocycles. The maximum absolute atomic E-state index is 11.8. The molecular weight excluding hydrogens is 280 g/mol. The maximum Gasteiger partial charge on any atom is 0.339 e. The lowest BCUT2D eigenvalue weighted by molar-refractivity contribution is 0.0698. The SMILES string of the molecule is CC1(CNC(=O)Nc2cccc(Cl)c2C(=O)O)CCC1. The van der Waals surface area contributed by atoms with Crippen molar-refractivity contribution in [3.05, 3.63) is 28.8 Å². The van der Waals surface area contributed by atoms with Gasteiger partial charge in [-0.15, -0.1) is 0 Å². The van der Waals surface area contributed by atoms with Gasteiger partial charge < -0.3 is 15.7 Å². The highest BCUT2D eigenvalue weighted by Gasteiger charge is 2.31. The van der Waals surface area contributed by atoms with Gasteiger partial charge in [-0.1, -0.05) is 31.0 Å². The summed E-state index contributed by atoms with van der Waals surface area (Å²) in [5, 5.41) is 14.5. The van der Waals surface area contributed by atoms with Crippen molar-refractivity contribution in [3.8, 4) is 0 Å². The molecule has 0 bridgehead atoms. The summed E-state index contributed by atoms with van der Waals surface area (Å²) in [5.74, 6) is -1.17. The quantitative estimate of drug-likeness (QED) is 0.797. The fourth-order valence-electron chi connectivity index (χ4n) is 2.26. The molecule has 2 amide bonds. The molecule has 0 aromatic heterocycles. The van der Waals surface area contributed by atoms with Crippen molar-refractivity contribution >= 4 is 29.3 Å². The van der Waals surface area contributed by atoms with Gasteiger partial charge in [0.2, 0.25) is 0 Å². The number of benzene rings is 1. The van der Waals surface area contributed by atoms with Crippen LogP contribution in [0.5, 0.6) is 0 Å². The number of carboxylic acid groups (broad SMARTS) is 1. The molecule has 108 valence electrons. The molecule has 1 aliphatic rings. The number of hydrogen-bond acceptors (Lipinski definition) is 2. The topological polar surface area (TPSA) is 78.4 Å². The second kappa shape index (κ2) is 5.71. The fourth-order valence-corrected chi connectivity index (χ4v) is 2.52. The fraction of sp³-hybridized carbons (Fsp3) is 0.429. The summed E-state index contributed by atoms with van der Waals surface area (Å²) < 4.78 is 0. The van der Waals surface area contributed by atoms with Gasteiger partial charge in [0.05, 0.1) is 10.7 Å². The van der Waals surface area contributed by atoms with Crippen LogP contribution in [0.1, 0.15) is 36.5 Å². The number of nitrogens with one attached hydrogen (secondary N) is 2. The molecule has 0 aliphatic heterocycles. The first kappa shape index (κ1) is 14.7. The molecule has 0 spiro atoms. The van der Waals surface area contributed by atoms with Gasteiger partial charge in [-0.25, -0.2) is 9.59 Å². The van der Waals surface area contributed by atoms with Crippen LogP contribution in [0, 0.1) is 5.41 Å². The Labute approximate surface area is 122 Å². The van der Waals surface area contributed by atoms with Crippen LogP contribution >= 0.6 is 11.6 Å². The average molecular weight is 297 g/mol. The summed E-state index contributed by atoms with van der Waals surface area (Å²) in [5.41, 5.74) is 0.266. The predicted molar refractivity (Wildman–Crippen MR) is 77.4 cm³/mol. The average Bonchev–Trinajstić information content (AvgIpc) is 2.33. The molecule has 5 nitrogen and oxygen atoms in total. The molecule has 0 heterocycles. The Bertz CT molecular complexity index is 541. The second-order valence-electron chi connectivity index (χ2n) is 5.44. The van der Waals surface area contributed by atoms with Gasteiger partial charge >= 0.3 is 12.0 Å². The van der Waals surface area contributed by atoms with Gasteiger partial charge in [0.1, 0.15) is 5.56 Å². The number of amides is 2. The first-order valence-electron chi connectivity index (χ1n) is 6.48. The maximum atomic E-state index is 11.8. The number of carbonyl (C=O) groups is 2. The first-order chi connectivity index (χ1) is 9.41. The van der Waals surface area contributed by atoms with Crippen LogP contribution < -0.4 is 10.6 Å².